The van der Waals surface area contributed by atoms with Crippen molar-refractivity contribution in [1.29, 1.82) is 0 Å². The number of hydrogen-bond acceptors (Lipinski definition) is 4. The van der Waals surface area contributed by atoms with Crippen molar-refractivity contribution >= 4 is 45.9 Å². The van der Waals surface area contributed by atoms with E-state index in [9.17, 15) is 13.2 Å². The molecular weight excluding hydrogens is 481 g/mol. The molecule has 152 valence electrons. The van der Waals surface area contributed by atoms with Crippen molar-refractivity contribution in [3.63, 3.8) is 0 Å². The maximum absolute atomic E-state index is 12.1. The number of halogens is 1. The normalized spacial score (nSPS) is 14.6. The minimum atomic E-state index is -3.66. The van der Waals surface area contributed by atoms with E-state index in [0.717, 1.165) is 31.5 Å². The van der Waals surface area contributed by atoms with E-state index in [4.69, 9.17) is 5.14 Å². The van der Waals surface area contributed by atoms with Crippen molar-refractivity contribution in [1.82, 2.24) is 15.5 Å². The van der Waals surface area contributed by atoms with Gasteiger partial charge >= 0.3 is 0 Å². The lowest BCUT2D eigenvalue weighted by Crippen LogP contribution is -2.39. The fraction of sp³-hybridized carbons (Fsp3) is 0.529. The number of benzene rings is 1. The second-order valence-electron chi connectivity index (χ2n) is 6.15. The average molecular weight is 509 g/mol. The molecule has 1 aliphatic rings. The Hall–Kier alpha value is -1.40. The SMILES string of the molecule is CCNC(=NCC(=O)N1CCCC1)NCCc1ccc(S(N)(=O)=O)cc1.I. The van der Waals surface area contributed by atoms with E-state index in [1.54, 1.807) is 12.1 Å². The number of likely N-dealkylation sites (tertiary alicyclic amines) is 1. The van der Waals surface area contributed by atoms with E-state index >= 15 is 0 Å². The van der Waals surface area contributed by atoms with Crippen LogP contribution in [0.5, 0.6) is 0 Å². The molecule has 1 aromatic carbocycles. The molecule has 0 saturated carbocycles. The minimum absolute atomic E-state index is 0. The van der Waals surface area contributed by atoms with Crippen LogP contribution in [0.3, 0.4) is 0 Å². The van der Waals surface area contributed by atoms with Gasteiger partial charge in [0, 0.05) is 26.2 Å². The van der Waals surface area contributed by atoms with Gasteiger partial charge in [0.05, 0.1) is 4.90 Å². The van der Waals surface area contributed by atoms with Crippen LogP contribution in [0.2, 0.25) is 0 Å². The van der Waals surface area contributed by atoms with Crippen LogP contribution in [-0.4, -0.2) is 57.9 Å². The summed E-state index contributed by atoms with van der Waals surface area (Å²) in [7, 11) is -3.66. The van der Waals surface area contributed by atoms with Crippen molar-refractivity contribution < 1.29 is 13.2 Å². The molecule has 10 heteroatoms. The Bertz CT molecular complexity index is 731. The van der Waals surface area contributed by atoms with Gasteiger partial charge in [0.25, 0.3) is 0 Å². The molecule has 27 heavy (non-hydrogen) atoms. The van der Waals surface area contributed by atoms with E-state index < -0.39 is 10.0 Å². The first-order valence-corrected chi connectivity index (χ1v) is 10.4. The number of rotatable bonds is 7. The zero-order valence-corrected chi connectivity index (χ0v) is 18.6. The van der Waals surface area contributed by atoms with Gasteiger partial charge in [-0.2, -0.15) is 0 Å². The number of amides is 1. The topological polar surface area (TPSA) is 117 Å². The highest BCUT2D eigenvalue weighted by atomic mass is 127. The quantitative estimate of drug-likeness (QED) is 0.284. The third-order valence-corrected chi connectivity index (χ3v) is 5.06. The molecule has 1 fully saturated rings. The molecule has 0 aliphatic carbocycles. The predicted octanol–water partition coefficient (Wildman–Crippen LogP) is 0.672. The highest BCUT2D eigenvalue weighted by molar-refractivity contribution is 14.0. The Kier molecular flexibility index (Phi) is 10.0. The molecule has 8 nitrogen and oxygen atoms in total. The zero-order chi connectivity index (χ0) is 19.0. The van der Waals surface area contributed by atoms with Crippen LogP contribution in [-0.2, 0) is 21.2 Å². The number of aliphatic imine (C=N–C) groups is 1. The van der Waals surface area contributed by atoms with E-state index in [0.29, 0.717) is 25.5 Å². The number of nitrogens with two attached hydrogens (primary N) is 1. The number of guanidine groups is 1. The second kappa shape index (κ2) is 11.4. The van der Waals surface area contributed by atoms with Crippen molar-refractivity contribution in [2.24, 2.45) is 10.1 Å². The monoisotopic (exact) mass is 509 g/mol. The van der Waals surface area contributed by atoms with Crippen molar-refractivity contribution in [2.45, 2.75) is 31.1 Å². The molecule has 0 radical (unpaired) electrons. The van der Waals surface area contributed by atoms with Gasteiger partial charge in [0.1, 0.15) is 6.54 Å². The van der Waals surface area contributed by atoms with Gasteiger partial charge in [-0.25, -0.2) is 18.5 Å². The lowest BCUT2D eigenvalue weighted by Gasteiger charge is -2.15. The highest BCUT2D eigenvalue weighted by Crippen LogP contribution is 2.09. The van der Waals surface area contributed by atoms with E-state index in [1.165, 1.54) is 12.1 Å². The molecule has 0 unspecified atom stereocenters. The summed E-state index contributed by atoms with van der Waals surface area (Å²) >= 11 is 0. The molecular formula is C17H28IN5O3S. The molecule has 1 aliphatic heterocycles. The van der Waals surface area contributed by atoms with Gasteiger partial charge in [0.2, 0.25) is 15.9 Å². The van der Waals surface area contributed by atoms with Gasteiger partial charge < -0.3 is 15.5 Å². The largest absolute Gasteiger partial charge is 0.357 e. The first-order chi connectivity index (χ1) is 12.4. The molecule has 2 rings (SSSR count). The first kappa shape index (κ1) is 23.6. The van der Waals surface area contributed by atoms with Crippen molar-refractivity contribution in [2.75, 3.05) is 32.7 Å². The lowest BCUT2D eigenvalue weighted by molar-refractivity contribution is -0.128. The molecule has 1 saturated heterocycles. The standard InChI is InChI=1S/C17H27N5O3S.HI/c1-2-19-17(21-13-16(23)22-11-3-4-12-22)20-10-9-14-5-7-15(8-6-14)26(18,24)25;/h5-8H,2-4,9-13H2,1H3,(H2,18,24,25)(H2,19,20,21);1H. The summed E-state index contributed by atoms with van der Waals surface area (Å²) in [5, 5.41) is 11.4. The summed E-state index contributed by atoms with van der Waals surface area (Å²) < 4.78 is 22.5. The Balaban J connectivity index is 0.00000364. The van der Waals surface area contributed by atoms with Crippen LogP contribution in [0.25, 0.3) is 0 Å². The third-order valence-electron chi connectivity index (χ3n) is 4.13. The number of nitrogens with one attached hydrogen (secondary N) is 2. The summed E-state index contributed by atoms with van der Waals surface area (Å²) in [4.78, 5) is 18.4. The van der Waals surface area contributed by atoms with Crippen LogP contribution in [0.15, 0.2) is 34.2 Å². The first-order valence-electron chi connectivity index (χ1n) is 8.82. The van der Waals surface area contributed by atoms with Gasteiger partial charge in [-0.1, -0.05) is 12.1 Å². The fourth-order valence-electron chi connectivity index (χ4n) is 2.73. The van der Waals surface area contributed by atoms with Crippen molar-refractivity contribution in [3.8, 4) is 0 Å². The van der Waals surface area contributed by atoms with Gasteiger partial charge in [-0.15, -0.1) is 24.0 Å². The Morgan fingerprint density at radius 1 is 1.19 bits per heavy atom. The van der Waals surface area contributed by atoms with Crippen LogP contribution < -0.4 is 15.8 Å². The van der Waals surface area contributed by atoms with E-state index in [1.807, 2.05) is 11.8 Å². The molecule has 1 heterocycles. The molecule has 0 aromatic heterocycles. The Morgan fingerprint density at radius 3 is 2.37 bits per heavy atom. The van der Waals surface area contributed by atoms with Crippen LogP contribution in [0, 0.1) is 0 Å². The number of sulfonamides is 1. The maximum atomic E-state index is 12.1. The minimum Gasteiger partial charge on any atom is -0.357 e. The summed E-state index contributed by atoms with van der Waals surface area (Å²) in [5.41, 5.74) is 0.980. The Morgan fingerprint density at radius 2 is 1.81 bits per heavy atom. The lowest BCUT2D eigenvalue weighted by atomic mass is 10.1. The number of carbonyl (C=O) groups excluding carboxylic acids is 1. The molecule has 0 bridgehead atoms. The fourth-order valence-corrected chi connectivity index (χ4v) is 3.24. The van der Waals surface area contributed by atoms with E-state index in [2.05, 4.69) is 15.6 Å². The van der Waals surface area contributed by atoms with Crippen LogP contribution in [0.4, 0.5) is 0 Å². The zero-order valence-electron chi connectivity index (χ0n) is 15.5. The summed E-state index contributed by atoms with van der Waals surface area (Å²) in [6, 6.07) is 6.47. The van der Waals surface area contributed by atoms with Gasteiger partial charge in [-0.05, 0) is 43.9 Å². The van der Waals surface area contributed by atoms with Crippen LogP contribution in [0.1, 0.15) is 25.3 Å². The van der Waals surface area contributed by atoms with Gasteiger partial charge in [-0.3, -0.25) is 4.79 Å². The highest BCUT2D eigenvalue weighted by Gasteiger charge is 2.17. The Labute approximate surface area is 178 Å². The van der Waals surface area contributed by atoms with Crippen LogP contribution >= 0.6 is 24.0 Å². The average Bonchev–Trinajstić information content (AvgIpc) is 3.14. The smallest absolute Gasteiger partial charge is 0.244 e. The molecule has 4 N–H and O–H groups in total. The number of nitrogens with zero attached hydrogens (tertiary/aromatic N) is 2. The summed E-state index contributed by atoms with van der Waals surface area (Å²) in [5.74, 6) is 0.652. The van der Waals surface area contributed by atoms with Gasteiger partial charge in [0.15, 0.2) is 5.96 Å². The molecule has 1 amide bonds. The van der Waals surface area contributed by atoms with Crippen molar-refractivity contribution in [3.05, 3.63) is 29.8 Å². The number of carbonyl (C=O) groups is 1. The molecule has 0 spiro atoms. The summed E-state index contributed by atoms with van der Waals surface area (Å²) in [6.07, 6.45) is 2.82. The molecule has 0 atom stereocenters. The second-order valence-corrected chi connectivity index (χ2v) is 7.71. The maximum Gasteiger partial charge on any atom is 0.244 e. The molecule has 1 aromatic rings. The number of primary sulfonamides is 1. The summed E-state index contributed by atoms with van der Waals surface area (Å²) in [6.45, 7) is 5.06. The van der Waals surface area contributed by atoms with E-state index in [-0.39, 0.29) is 41.3 Å². The third kappa shape index (κ3) is 8.01. The number of hydrogen-bond donors (Lipinski definition) is 3. The predicted molar refractivity (Wildman–Crippen MR) is 117 cm³/mol.